The predicted octanol–water partition coefficient (Wildman–Crippen LogP) is 4.91. The Kier molecular flexibility index (Phi) is 4.51. The van der Waals surface area contributed by atoms with E-state index in [1.165, 1.54) is 22.4 Å². The zero-order chi connectivity index (χ0) is 18.1. The smallest absolute Gasteiger partial charge is 0.174 e. The molecule has 4 rings (SSSR count). The maximum Gasteiger partial charge on any atom is 0.174 e. The highest BCUT2D eigenvalue weighted by molar-refractivity contribution is 7.80. The fraction of sp³-hybridized carbons (Fsp3) is 0.227. The number of nitrogens with one attached hydrogen (secondary N) is 1. The van der Waals surface area contributed by atoms with Gasteiger partial charge in [0, 0.05) is 30.7 Å². The van der Waals surface area contributed by atoms with Gasteiger partial charge in [0.1, 0.15) is 0 Å². The number of hydrogen-bond donors (Lipinski definition) is 1. The van der Waals surface area contributed by atoms with Gasteiger partial charge in [-0.1, -0.05) is 48.0 Å². The molecule has 1 atom stereocenters. The van der Waals surface area contributed by atoms with Crippen molar-refractivity contribution in [2.75, 3.05) is 11.9 Å². The normalized spacial score (nSPS) is 16.2. The molecule has 2 aromatic carbocycles. The Labute approximate surface area is 160 Å². The third-order valence-electron chi connectivity index (χ3n) is 5.04. The molecule has 3 aromatic rings. The first kappa shape index (κ1) is 16.9. The molecule has 0 radical (unpaired) electrons. The molecule has 1 unspecified atom stereocenters. The van der Waals surface area contributed by atoms with E-state index in [9.17, 15) is 0 Å². The van der Waals surface area contributed by atoms with E-state index in [2.05, 4.69) is 95.5 Å². The third kappa shape index (κ3) is 3.13. The molecule has 0 spiro atoms. The number of thiocarbonyl (C=S) groups is 1. The van der Waals surface area contributed by atoms with E-state index in [0.717, 1.165) is 23.9 Å². The zero-order valence-electron chi connectivity index (χ0n) is 15.1. The Morgan fingerprint density at radius 2 is 1.81 bits per heavy atom. The summed E-state index contributed by atoms with van der Waals surface area (Å²) in [4.78, 5) is 2.30. The van der Waals surface area contributed by atoms with Crippen LogP contribution in [0.1, 0.15) is 28.4 Å². The van der Waals surface area contributed by atoms with Gasteiger partial charge < -0.3 is 14.8 Å². The summed E-state index contributed by atoms with van der Waals surface area (Å²) in [6, 6.07) is 21.5. The van der Waals surface area contributed by atoms with E-state index in [0.29, 0.717) is 0 Å². The number of aromatic nitrogens is 1. The minimum absolute atomic E-state index is 0.130. The van der Waals surface area contributed by atoms with Crippen molar-refractivity contribution in [3.8, 4) is 0 Å². The van der Waals surface area contributed by atoms with Gasteiger partial charge in [-0.3, -0.25) is 0 Å². The number of hydrogen-bond acceptors (Lipinski definition) is 1. The number of benzene rings is 2. The van der Waals surface area contributed by atoms with Gasteiger partial charge in [-0.25, -0.2) is 0 Å². The van der Waals surface area contributed by atoms with Gasteiger partial charge in [0.15, 0.2) is 5.11 Å². The quantitative estimate of drug-likeness (QED) is 0.655. The first-order chi connectivity index (χ1) is 12.6. The van der Waals surface area contributed by atoms with Crippen molar-refractivity contribution in [2.24, 2.45) is 0 Å². The molecule has 4 heteroatoms. The van der Waals surface area contributed by atoms with Gasteiger partial charge in [0.25, 0.3) is 0 Å². The van der Waals surface area contributed by atoms with Crippen LogP contribution in [0.2, 0.25) is 0 Å². The Morgan fingerprint density at radius 1 is 1.00 bits per heavy atom. The summed E-state index contributed by atoms with van der Waals surface area (Å²) in [5.74, 6) is 0. The van der Waals surface area contributed by atoms with Gasteiger partial charge in [0.2, 0.25) is 0 Å². The van der Waals surface area contributed by atoms with Crippen LogP contribution >= 0.6 is 12.2 Å². The molecule has 1 N–H and O–H groups in total. The molecule has 1 aliphatic heterocycles. The monoisotopic (exact) mass is 361 g/mol. The van der Waals surface area contributed by atoms with Crippen LogP contribution in [0.3, 0.4) is 0 Å². The lowest BCUT2D eigenvalue weighted by Gasteiger charge is -2.39. The van der Waals surface area contributed by atoms with Crippen LogP contribution in [0.15, 0.2) is 66.9 Å². The molecule has 0 aliphatic carbocycles. The molecule has 1 aromatic heterocycles. The van der Waals surface area contributed by atoms with E-state index in [1.807, 2.05) is 0 Å². The molecular weight excluding hydrogens is 338 g/mol. The van der Waals surface area contributed by atoms with Gasteiger partial charge in [-0.15, -0.1) is 0 Å². The van der Waals surface area contributed by atoms with Crippen molar-refractivity contribution >= 4 is 23.0 Å². The summed E-state index contributed by atoms with van der Waals surface area (Å²) < 4.78 is 2.33. The zero-order valence-corrected chi connectivity index (χ0v) is 16.0. The molecule has 26 heavy (non-hydrogen) atoms. The lowest BCUT2D eigenvalue weighted by Crippen LogP contribution is -2.44. The largest absolute Gasteiger partial charge is 0.348 e. The van der Waals surface area contributed by atoms with Crippen molar-refractivity contribution in [3.63, 3.8) is 0 Å². The highest BCUT2D eigenvalue weighted by Crippen LogP contribution is 2.33. The van der Waals surface area contributed by atoms with Gasteiger partial charge >= 0.3 is 0 Å². The Hall–Kier alpha value is -2.59. The molecule has 2 heterocycles. The SMILES string of the molecule is Cc1ccc(NC(=S)N2CCn3cccc3C2c2ccccc2)c(C)c1. The van der Waals surface area contributed by atoms with Crippen molar-refractivity contribution in [3.05, 3.63) is 89.2 Å². The predicted molar refractivity (Wildman–Crippen MR) is 112 cm³/mol. The minimum Gasteiger partial charge on any atom is -0.348 e. The first-order valence-electron chi connectivity index (χ1n) is 8.98. The summed E-state index contributed by atoms with van der Waals surface area (Å²) in [5, 5.41) is 4.25. The fourth-order valence-corrected chi connectivity index (χ4v) is 4.04. The summed E-state index contributed by atoms with van der Waals surface area (Å²) >= 11 is 5.83. The average molecular weight is 362 g/mol. The fourth-order valence-electron chi connectivity index (χ4n) is 3.73. The molecule has 0 amide bonds. The average Bonchev–Trinajstić information content (AvgIpc) is 3.12. The Balaban J connectivity index is 1.67. The summed E-state index contributed by atoms with van der Waals surface area (Å²) in [7, 11) is 0. The Bertz CT molecular complexity index is 930. The van der Waals surface area contributed by atoms with E-state index < -0.39 is 0 Å². The number of rotatable bonds is 2. The van der Waals surface area contributed by atoms with Crippen molar-refractivity contribution < 1.29 is 0 Å². The minimum atomic E-state index is 0.130. The molecular formula is C22H23N3S. The summed E-state index contributed by atoms with van der Waals surface area (Å²) in [6.45, 7) is 6.06. The maximum atomic E-state index is 5.83. The van der Waals surface area contributed by atoms with Gasteiger partial charge in [-0.05, 0) is 55.4 Å². The number of nitrogens with zero attached hydrogens (tertiary/aromatic N) is 2. The van der Waals surface area contributed by atoms with Crippen LogP contribution < -0.4 is 5.32 Å². The number of fused-ring (bicyclic) bond motifs is 1. The third-order valence-corrected chi connectivity index (χ3v) is 5.37. The molecule has 0 saturated carbocycles. The number of aryl methyl sites for hydroxylation is 2. The van der Waals surface area contributed by atoms with Crippen LogP contribution in [0, 0.1) is 13.8 Å². The second-order valence-electron chi connectivity index (χ2n) is 6.88. The standard InChI is InChI=1S/C22H23N3S/c1-16-10-11-19(17(2)15-16)23-22(26)25-14-13-24-12-6-9-20(24)21(25)18-7-4-3-5-8-18/h3-12,15,21H,13-14H2,1-2H3,(H,23,26). The highest BCUT2D eigenvalue weighted by atomic mass is 32.1. The lowest BCUT2D eigenvalue weighted by molar-refractivity contribution is 0.293. The molecule has 1 aliphatic rings. The molecule has 0 bridgehead atoms. The van der Waals surface area contributed by atoms with Crippen molar-refractivity contribution in [1.29, 1.82) is 0 Å². The molecule has 132 valence electrons. The van der Waals surface area contributed by atoms with E-state index in [4.69, 9.17) is 12.2 Å². The van der Waals surface area contributed by atoms with Crippen LogP contribution in [0.5, 0.6) is 0 Å². The van der Waals surface area contributed by atoms with Crippen LogP contribution in [-0.4, -0.2) is 21.1 Å². The van der Waals surface area contributed by atoms with Crippen LogP contribution in [0.4, 0.5) is 5.69 Å². The van der Waals surface area contributed by atoms with Crippen molar-refractivity contribution in [2.45, 2.75) is 26.4 Å². The van der Waals surface area contributed by atoms with E-state index in [1.54, 1.807) is 0 Å². The second-order valence-corrected chi connectivity index (χ2v) is 7.27. The van der Waals surface area contributed by atoms with Crippen LogP contribution in [-0.2, 0) is 6.54 Å². The number of anilines is 1. The van der Waals surface area contributed by atoms with Crippen molar-refractivity contribution in [1.82, 2.24) is 9.47 Å². The van der Waals surface area contributed by atoms with Gasteiger partial charge in [0.05, 0.1) is 6.04 Å². The highest BCUT2D eigenvalue weighted by Gasteiger charge is 2.30. The van der Waals surface area contributed by atoms with Crippen LogP contribution in [0.25, 0.3) is 0 Å². The second kappa shape index (κ2) is 6.96. The Morgan fingerprint density at radius 3 is 2.58 bits per heavy atom. The van der Waals surface area contributed by atoms with E-state index in [-0.39, 0.29) is 6.04 Å². The molecule has 3 nitrogen and oxygen atoms in total. The lowest BCUT2D eigenvalue weighted by atomic mass is 10.0. The molecule has 0 fully saturated rings. The summed E-state index contributed by atoms with van der Waals surface area (Å²) in [6.07, 6.45) is 2.16. The first-order valence-corrected chi connectivity index (χ1v) is 9.39. The molecule has 0 saturated heterocycles. The van der Waals surface area contributed by atoms with Gasteiger partial charge in [-0.2, -0.15) is 0 Å². The summed E-state index contributed by atoms with van der Waals surface area (Å²) in [5.41, 5.74) is 6.10. The van der Waals surface area contributed by atoms with E-state index >= 15 is 0 Å². The topological polar surface area (TPSA) is 20.2 Å². The maximum absolute atomic E-state index is 5.83.